The number of thiophene rings is 1. The predicted octanol–water partition coefficient (Wildman–Crippen LogP) is 3.68. The lowest BCUT2D eigenvalue weighted by atomic mass is 9.88. The van der Waals surface area contributed by atoms with E-state index in [1.807, 2.05) is 0 Å². The highest BCUT2D eigenvalue weighted by Gasteiger charge is 2.40. The largest absolute Gasteiger partial charge is 0.315 e. The number of sulfonamides is 1. The number of amides is 1. The van der Waals surface area contributed by atoms with E-state index in [1.54, 1.807) is 0 Å². The molecule has 1 N–H and O–H groups in total. The summed E-state index contributed by atoms with van der Waals surface area (Å²) in [5, 5.41) is 13.0. The Morgan fingerprint density at radius 2 is 2.03 bits per heavy atom. The van der Waals surface area contributed by atoms with Crippen LogP contribution in [0.25, 0.3) is 0 Å². The van der Waals surface area contributed by atoms with Crippen LogP contribution in [0.15, 0.2) is 29.2 Å². The molecule has 1 aromatic carbocycles. The first kappa shape index (κ1) is 21.0. The van der Waals surface area contributed by atoms with Crippen molar-refractivity contribution in [2.75, 3.05) is 11.9 Å². The van der Waals surface area contributed by atoms with E-state index in [0.717, 1.165) is 41.8 Å². The van der Waals surface area contributed by atoms with Crippen molar-refractivity contribution < 1.29 is 17.6 Å². The third-order valence-corrected chi connectivity index (χ3v) is 8.88. The van der Waals surface area contributed by atoms with Gasteiger partial charge < -0.3 is 5.32 Å². The summed E-state index contributed by atoms with van der Waals surface area (Å²) in [6.45, 7) is 2.39. The second-order valence-electron chi connectivity index (χ2n) is 7.88. The number of halogens is 1. The third kappa shape index (κ3) is 3.75. The van der Waals surface area contributed by atoms with Gasteiger partial charge in [0.25, 0.3) is 0 Å². The number of nitriles is 1. The lowest BCUT2D eigenvalue weighted by molar-refractivity contribution is -0.119. The van der Waals surface area contributed by atoms with Crippen LogP contribution in [0.1, 0.15) is 42.2 Å². The van der Waals surface area contributed by atoms with Gasteiger partial charge in [0.2, 0.25) is 15.9 Å². The monoisotopic (exact) mass is 447 g/mol. The second-order valence-corrected chi connectivity index (χ2v) is 10.9. The molecule has 1 aliphatic carbocycles. The lowest BCUT2D eigenvalue weighted by Gasteiger charge is -2.23. The average molecular weight is 448 g/mol. The van der Waals surface area contributed by atoms with Crippen molar-refractivity contribution in [3.63, 3.8) is 0 Å². The number of anilines is 1. The zero-order chi connectivity index (χ0) is 21.5. The maximum atomic E-state index is 13.2. The van der Waals surface area contributed by atoms with E-state index in [0.29, 0.717) is 29.3 Å². The fourth-order valence-corrected chi connectivity index (χ4v) is 7.20. The maximum Gasteiger partial charge on any atom is 0.243 e. The molecular formula is C21H22FN3O3S2. The molecule has 2 atom stereocenters. The molecule has 0 saturated carbocycles. The van der Waals surface area contributed by atoms with Gasteiger partial charge in [0.15, 0.2) is 0 Å². The van der Waals surface area contributed by atoms with E-state index in [1.165, 1.54) is 27.8 Å². The van der Waals surface area contributed by atoms with E-state index >= 15 is 0 Å². The van der Waals surface area contributed by atoms with Gasteiger partial charge in [-0.2, -0.15) is 9.57 Å². The zero-order valence-electron chi connectivity index (χ0n) is 16.5. The number of benzene rings is 1. The first-order valence-electron chi connectivity index (χ1n) is 9.94. The topological polar surface area (TPSA) is 90.3 Å². The van der Waals surface area contributed by atoms with Crippen LogP contribution >= 0.6 is 11.3 Å². The predicted molar refractivity (Wildman–Crippen MR) is 112 cm³/mol. The summed E-state index contributed by atoms with van der Waals surface area (Å²) in [4.78, 5) is 14.1. The van der Waals surface area contributed by atoms with E-state index in [2.05, 4.69) is 18.3 Å². The highest BCUT2D eigenvalue weighted by molar-refractivity contribution is 7.89. The summed E-state index contributed by atoms with van der Waals surface area (Å²) < 4.78 is 40.4. The minimum atomic E-state index is -3.92. The van der Waals surface area contributed by atoms with Crippen LogP contribution in [0.5, 0.6) is 0 Å². The van der Waals surface area contributed by atoms with Crippen molar-refractivity contribution in [2.45, 2.75) is 50.0 Å². The number of carbonyl (C=O) groups excluding carboxylic acids is 1. The number of hydrogen-bond acceptors (Lipinski definition) is 5. The second kappa shape index (κ2) is 8.10. The van der Waals surface area contributed by atoms with E-state index in [-0.39, 0.29) is 11.4 Å². The van der Waals surface area contributed by atoms with Gasteiger partial charge in [0.05, 0.1) is 10.5 Å². The highest BCUT2D eigenvalue weighted by Crippen LogP contribution is 2.39. The van der Waals surface area contributed by atoms with Crippen molar-refractivity contribution >= 4 is 32.3 Å². The Balaban J connectivity index is 1.58. The first-order chi connectivity index (χ1) is 14.3. The molecule has 1 aromatic heterocycles. The summed E-state index contributed by atoms with van der Waals surface area (Å²) in [5.74, 6) is -0.413. The Morgan fingerprint density at radius 3 is 2.73 bits per heavy atom. The van der Waals surface area contributed by atoms with Crippen LogP contribution in [0.4, 0.5) is 9.39 Å². The number of carbonyl (C=O) groups is 1. The molecule has 2 aromatic rings. The van der Waals surface area contributed by atoms with Crippen LogP contribution in [-0.4, -0.2) is 31.2 Å². The summed E-state index contributed by atoms with van der Waals surface area (Å²) >= 11 is 1.42. The number of hydrogen-bond donors (Lipinski definition) is 1. The Hall–Kier alpha value is -2.28. The van der Waals surface area contributed by atoms with Crippen molar-refractivity contribution in [3.8, 4) is 6.07 Å². The van der Waals surface area contributed by atoms with E-state index < -0.39 is 27.8 Å². The van der Waals surface area contributed by atoms with Crippen molar-refractivity contribution in [1.82, 2.24) is 4.31 Å². The van der Waals surface area contributed by atoms with Gasteiger partial charge in [-0.05, 0) is 67.9 Å². The molecule has 4 rings (SSSR count). The summed E-state index contributed by atoms with van der Waals surface area (Å²) in [5.41, 5.74) is 1.51. The molecule has 1 aliphatic heterocycles. The zero-order valence-corrected chi connectivity index (χ0v) is 18.2. The molecule has 0 bridgehead atoms. The summed E-state index contributed by atoms with van der Waals surface area (Å²) in [6.07, 6.45) is 3.68. The highest BCUT2D eigenvalue weighted by atomic mass is 32.2. The van der Waals surface area contributed by atoms with Gasteiger partial charge >= 0.3 is 0 Å². The molecule has 6 nitrogen and oxygen atoms in total. The van der Waals surface area contributed by atoms with Crippen LogP contribution in [0, 0.1) is 23.1 Å². The Labute approximate surface area is 179 Å². The number of rotatable bonds is 4. The standard InChI is InChI=1S/C21H22FN3O3S2/c1-13-4-9-16-17(12-23)21(29-19(16)11-13)24-20(26)18-3-2-10-25(18)30(27,28)15-7-5-14(22)6-8-15/h5-8,13,18H,2-4,9-11H2,1H3,(H,24,26). The summed E-state index contributed by atoms with van der Waals surface area (Å²) in [7, 11) is -3.92. The van der Waals surface area contributed by atoms with Crippen molar-refractivity contribution in [3.05, 3.63) is 46.1 Å². The van der Waals surface area contributed by atoms with E-state index in [4.69, 9.17) is 0 Å². The fraction of sp³-hybridized carbons (Fsp3) is 0.429. The first-order valence-corrected chi connectivity index (χ1v) is 12.2. The number of fused-ring (bicyclic) bond motifs is 1. The van der Waals surface area contributed by atoms with Crippen LogP contribution < -0.4 is 5.32 Å². The SMILES string of the molecule is CC1CCc2c(sc(NC(=O)C3CCCN3S(=O)(=O)c3ccc(F)cc3)c2C#N)C1. The molecule has 30 heavy (non-hydrogen) atoms. The molecule has 1 fully saturated rings. The van der Waals surface area contributed by atoms with E-state index in [9.17, 15) is 22.9 Å². The molecule has 1 amide bonds. The molecule has 9 heteroatoms. The lowest BCUT2D eigenvalue weighted by Crippen LogP contribution is -2.43. The normalized spacial score (nSPS) is 21.8. The molecule has 1 saturated heterocycles. The molecule has 2 heterocycles. The Morgan fingerprint density at radius 1 is 1.30 bits per heavy atom. The van der Waals surface area contributed by atoms with Gasteiger partial charge in [0, 0.05) is 11.4 Å². The average Bonchev–Trinajstić information content (AvgIpc) is 3.32. The van der Waals surface area contributed by atoms with Crippen LogP contribution in [-0.2, 0) is 27.7 Å². The number of nitrogens with one attached hydrogen (secondary N) is 1. The molecule has 2 unspecified atom stereocenters. The Kier molecular flexibility index (Phi) is 5.66. The molecule has 158 valence electrons. The van der Waals surface area contributed by atoms with Gasteiger partial charge in [-0.25, -0.2) is 12.8 Å². The van der Waals surface area contributed by atoms with Crippen LogP contribution in [0.2, 0.25) is 0 Å². The smallest absolute Gasteiger partial charge is 0.243 e. The molecule has 2 aliphatic rings. The molecular weight excluding hydrogens is 425 g/mol. The number of nitrogens with zero attached hydrogens (tertiary/aromatic N) is 2. The van der Waals surface area contributed by atoms with Gasteiger partial charge in [0.1, 0.15) is 22.9 Å². The van der Waals surface area contributed by atoms with Crippen molar-refractivity contribution in [1.29, 1.82) is 5.26 Å². The van der Waals surface area contributed by atoms with Crippen LogP contribution in [0.3, 0.4) is 0 Å². The molecule has 0 spiro atoms. The molecule has 0 radical (unpaired) electrons. The minimum Gasteiger partial charge on any atom is -0.315 e. The quantitative estimate of drug-likeness (QED) is 0.774. The fourth-order valence-electron chi connectivity index (χ4n) is 4.18. The maximum absolute atomic E-state index is 13.2. The third-order valence-electron chi connectivity index (χ3n) is 5.79. The minimum absolute atomic E-state index is 0.0399. The van der Waals surface area contributed by atoms with Gasteiger partial charge in [-0.15, -0.1) is 11.3 Å². The van der Waals surface area contributed by atoms with Gasteiger partial charge in [-0.1, -0.05) is 6.92 Å². The Bertz CT molecular complexity index is 1120. The van der Waals surface area contributed by atoms with Crippen molar-refractivity contribution in [2.24, 2.45) is 5.92 Å². The summed E-state index contributed by atoms with van der Waals surface area (Å²) in [6, 6.07) is 5.96. The van der Waals surface area contributed by atoms with Gasteiger partial charge in [-0.3, -0.25) is 4.79 Å².